The number of ether oxygens (including phenoxy) is 4. The lowest BCUT2D eigenvalue weighted by Crippen LogP contribution is -2.08. The van der Waals surface area contributed by atoms with Crippen molar-refractivity contribution < 1.29 is 24.1 Å². The van der Waals surface area contributed by atoms with Crippen molar-refractivity contribution >= 4 is 0 Å². The van der Waals surface area contributed by atoms with Gasteiger partial charge in [0.25, 0.3) is 0 Å². The first-order chi connectivity index (χ1) is 13.0. The minimum absolute atomic E-state index is 0.372. The third-order valence-corrected chi connectivity index (χ3v) is 4.89. The molecule has 1 atom stereocenters. The van der Waals surface area contributed by atoms with Gasteiger partial charge in [0.2, 0.25) is 5.75 Å². The molecule has 2 aromatic rings. The summed E-state index contributed by atoms with van der Waals surface area (Å²) in [5, 5.41) is 10.4. The van der Waals surface area contributed by atoms with Crippen molar-refractivity contribution in [1.82, 2.24) is 0 Å². The predicted octanol–water partition coefficient (Wildman–Crippen LogP) is 4.39. The van der Waals surface area contributed by atoms with Crippen LogP contribution in [0.5, 0.6) is 23.0 Å². The van der Waals surface area contributed by atoms with Gasteiger partial charge in [-0.15, -0.1) is 0 Å². The summed E-state index contributed by atoms with van der Waals surface area (Å²) in [6.45, 7) is 4.78. The van der Waals surface area contributed by atoms with Gasteiger partial charge < -0.3 is 24.1 Å². The molecule has 27 heavy (non-hydrogen) atoms. The lowest BCUT2D eigenvalue weighted by Gasteiger charge is -2.21. The molecule has 0 bridgehead atoms. The maximum absolute atomic E-state index is 10.4. The number of methoxy groups -OCH3 is 3. The fraction of sp³-hybridized carbons (Fsp3) is 0.455. The smallest absolute Gasteiger partial charge is 0.203 e. The van der Waals surface area contributed by atoms with E-state index >= 15 is 0 Å². The quantitative estimate of drug-likeness (QED) is 0.781. The fourth-order valence-electron chi connectivity index (χ4n) is 3.64. The van der Waals surface area contributed by atoms with E-state index in [9.17, 15) is 5.11 Å². The number of aliphatic hydroxyl groups excluding tert-OH is 1. The van der Waals surface area contributed by atoms with Crippen LogP contribution in [-0.2, 0) is 6.42 Å². The predicted molar refractivity (Wildman–Crippen MR) is 105 cm³/mol. The molecule has 146 valence electrons. The second-order valence-electron chi connectivity index (χ2n) is 7.14. The second-order valence-corrected chi connectivity index (χ2v) is 7.14. The fourth-order valence-corrected chi connectivity index (χ4v) is 3.64. The Morgan fingerprint density at radius 1 is 0.926 bits per heavy atom. The van der Waals surface area contributed by atoms with Crippen LogP contribution < -0.4 is 18.9 Å². The van der Waals surface area contributed by atoms with E-state index in [-0.39, 0.29) is 0 Å². The molecule has 0 radical (unpaired) electrons. The molecule has 1 aliphatic carbocycles. The molecule has 0 aliphatic heterocycles. The first kappa shape index (κ1) is 19.4. The number of benzene rings is 2. The van der Waals surface area contributed by atoms with Gasteiger partial charge in [-0.3, -0.25) is 0 Å². The monoisotopic (exact) mass is 372 g/mol. The van der Waals surface area contributed by atoms with Crippen molar-refractivity contribution in [2.24, 2.45) is 5.92 Å². The van der Waals surface area contributed by atoms with Crippen LogP contribution in [0.2, 0.25) is 0 Å². The summed E-state index contributed by atoms with van der Waals surface area (Å²) in [6, 6.07) is 7.81. The van der Waals surface area contributed by atoms with Crippen LogP contribution in [0.15, 0.2) is 24.3 Å². The first-order valence-electron chi connectivity index (χ1n) is 9.27. The minimum Gasteiger partial charge on any atom is -0.496 e. The summed E-state index contributed by atoms with van der Waals surface area (Å²) in [7, 11) is 4.87. The summed E-state index contributed by atoms with van der Waals surface area (Å²) in [5.41, 5.74) is 3.94. The molecular formula is C22H28O5. The highest BCUT2D eigenvalue weighted by Gasteiger charge is 2.29. The molecule has 0 saturated heterocycles. The Bertz CT molecular complexity index is 813. The van der Waals surface area contributed by atoms with Gasteiger partial charge in [-0.25, -0.2) is 0 Å². The normalized spacial score (nSPS) is 15.6. The second kappa shape index (κ2) is 8.09. The highest BCUT2D eigenvalue weighted by molar-refractivity contribution is 5.80. The lowest BCUT2D eigenvalue weighted by atomic mass is 9.94. The molecule has 3 rings (SSSR count). The van der Waals surface area contributed by atoms with E-state index in [4.69, 9.17) is 18.9 Å². The summed E-state index contributed by atoms with van der Waals surface area (Å²) >= 11 is 0. The number of rotatable bonds is 7. The molecule has 0 saturated carbocycles. The lowest BCUT2D eigenvalue weighted by molar-refractivity contribution is 0.176. The van der Waals surface area contributed by atoms with Crippen molar-refractivity contribution in [3.8, 4) is 34.1 Å². The van der Waals surface area contributed by atoms with Crippen LogP contribution in [0.3, 0.4) is 0 Å². The van der Waals surface area contributed by atoms with Crippen LogP contribution in [0, 0.1) is 5.92 Å². The maximum atomic E-state index is 10.4. The van der Waals surface area contributed by atoms with Gasteiger partial charge in [-0.05, 0) is 48.1 Å². The molecule has 1 unspecified atom stereocenters. The zero-order chi connectivity index (χ0) is 19.6. The topological polar surface area (TPSA) is 57.2 Å². The third kappa shape index (κ3) is 3.56. The summed E-state index contributed by atoms with van der Waals surface area (Å²) < 4.78 is 22.7. The average molecular weight is 372 g/mol. The van der Waals surface area contributed by atoms with Crippen molar-refractivity contribution in [2.75, 3.05) is 27.9 Å². The van der Waals surface area contributed by atoms with Gasteiger partial charge >= 0.3 is 0 Å². The average Bonchev–Trinajstić information content (AvgIpc) is 3.06. The number of hydrogen-bond acceptors (Lipinski definition) is 5. The molecule has 2 aromatic carbocycles. The molecule has 5 nitrogen and oxygen atoms in total. The Labute approximate surface area is 160 Å². The van der Waals surface area contributed by atoms with Gasteiger partial charge in [0.15, 0.2) is 11.5 Å². The van der Waals surface area contributed by atoms with Crippen LogP contribution in [-0.4, -0.2) is 33.0 Å². The van der Waals surface area contributed by atoms with Gasteiger partial charge in [-0.2, -0.15) is 0 Å². The standard InChI is InChI=1S/C22H28O5/c1-13(2)12-27-21-16(8-11-19(25-4)22(21)26-5)14-7-10-18(24-3)20-15(14)6-9-17(20)23/h7-8,10-11,13,17,23H,6,9,12H2,1-5H3. The molecule has 0 amide bonds. The summed E-state index contributed by atoms with van der Waals surface area (Å²) in [6.07, 6.45) is 0.981. The molecule has 0 fully saturated rings. The largest absolute Gasteiger partial charge is 0.496 e. The SMILES string of the molecule is COc1ccc(-c2ccc(OC)c3c2CCC3O)c(OCC(C)C)c1OC. The molecular weight excluding hydrogens is 344 g/mol. The summed E-state index contributed by atoms with van der Waals surface area (Å²) in [4.78, 5) is 0. The van der Waals surface area contributed by atoms with Crippen LogP contribution >= 0.6 is 0 Å². The third-order valence-electron chi connectivity index (χ3n) is 4.89. The minimum atomic E-state index is -0.505. The van der Waals surface area contributed by atoms with E-state index in [0.717, 1.165) is 34.4 Å². The molecule has 0 spiro atoms. The van der Waals surface area contributed by atoms with Gasteiger partial charge in [0.1, 0.15) is 5.75 Å². The van der Waals surface area contributed by atoms with Crippen LogP contribution in [0.1, 0.15) is 37.5 Å². The Balaban J connectivity index is 2.20. The highest BCUT2D eigenvalue weighted by Crippen LogP contribution is 2.49. The van der Waals surface area contributed by atoms with E-state index in [0.29, 0.717) is 36.2 Å². The van der Waals surface area contributed by atoms with Gasteiger partial charge in [0, 0.05) is 11.1 Å². The number of hydrogen-bond donors (Lipinski definition) is 1. The maximum Gasteiger partial charge on any atom is 0.203 e. The summed E-state index contributed by atoms with van der Waals surface area (Å²) in [5.74, 6) is 2.98. The highest BCUT2D eigenvalue weighted by atomic mass is 16.5. The molecule has 0 heterocycles. The van der Waals surface area contributed by atoms with Gasteiger partial charge in [-0.1, -0.05) is 19.9 Å². The Kier molecular flexibility index (Phi) is 5.80. The van der Waals surface area contributed by atoms with E-state index < -0.39 is 6.10 Å². The van der Waals surface area contributed by atoms with Gasteiger partial charge in [0.05, 0.1) is 34.0 Å². The molecule has 0 aromatic heterocycles. The number of aliphatic hydroxyl groups is 1. The van der Waals surface area contributed by atoms with E-state index in [2.05, 4.69) is 13.8 Å². The van der Waals surface area contributed by atoms with E-state index in [1.807, 2.05) is 24.3 Å². The molecule has 1 aliphatic rings. The van der Waals surface area contributed by atoms with E-state index in [1.165, 1.54) is 0 Å². The zero-order valence-corrected chi connectivity index (χ0v) is 16.7. The number of fused-ring (bicyclic) bond motifs is 1. The van der Waals surface area contributed by atoms with Crippen molar-refractivity contribution in [3.63, 3.8) is 0 Å². The van der Waals surface area contributed by atoms with Crippen molar-refractivity contribution in [1.29, 1.82) is 0 Å². The Hall–Kier alpha value is -2.40. The Morgan fingerprint density at radius 3 is 2.22 bits per heavy atom. The van der Waals surface area contributed by atoms with E-state index in [1.54, 1.807) is 21.3 Å². The zero-order valence-electron chi connectivity index (χ0n) is 16.7. The van der Waals surface area contributed by atoms with Crippen LogP contribution in [0.25, 0.3) is 11.1 Å². The Morgan fingerprint density at radius 2 is 1.59 bits per heavy atom. The van der Waals surface area contributed by atoms with Crippen molar-refractivity contribution in [2.45, 2.75) is 32.8 Å². The molecule has 1 N–H and O–H groups in total. The van der Waals surface area contributed by atoms with Crippen LogP contribution in [0.4, 0.5) is 0 Å². The first-order valence-corrected chi connectivity index (χ1v) is 9.27. The molecule has 5 heteroatoms. The van der Waals surface area contributed by atoms with Crippen molar-refractivity contribution in [3.05, 3.63) is 35.4 Å².